The van der Waals surface area contributed by atoms with Crippen LogP contribution in [0.1, 0.15) is 75.6 Å². The second-order valence-electron chi connectivity index (χ2n) is 9.50. The van der Waals surface area contributed by atoms with Crippen LogP contribution in [0.3, 0.4) is 0 Å². The first kappa shape index (κ1) is 20.3. The van der Waals surface area contributed by atoms with Gasteiger partial charge in [0.25, 0.3) is 5.91 Å². The minimum Gasteiger partial charge on any atom is -0.379 e. The summed E-state index contributed by atoms with van der Waals surface area (Å²) in [5.41, 5.74) is 1.33. The van der Waals surface area contributed by atoms with Gasteiger partial charge in [0.2, 0.25) is 0 Å². The molecule has 4 aliphatic carbocycles. The number of carbonyl (C=O) groups excluding carboxylic acids is 3. The van der Waals surface area contributed by atoms with E-state index in [2.05, 4.69) is 15.6 Å². The molecule has 0 spiro atoms. The Morgan fingerprint density at radius 1 is 1.14 bits per heavy atom. The number of carbonyl (C=O) groups is 3. The third-order valence-electron chi connectivity index (χ3n) is 6.92. The molecule has 0 radical (unpaired) electrons. The Labute approximate surface area is 176 Å². The molecule has 5 rings (SSSR count). The van der Waals surface area contributed by atoms with Gasteiger partial charge in [0.05, 0.1) is 11.3 Å². The number of rotatable bonds is 7. The van der Waals surface area contributed by atoms with Gasteiger partial charge < -0.3 is 15.4 Å². The van der Waals surface area contributed by atoms with Crippen molar-refractivity contribution >= 4 is 34.8 Å². The molecule has 2 bridgehead atoms. The van der Waals surface area contributed by atoms with E-state index >= 15 is 0 Å². The van der Waals surface area contributed by atoms with Crippen LogP contribution in [0.5, 0.6) is 0 Å². The van der Waals surface area contributed by atoms with Crippen LogP contribution in [0.2, 0.25) is 5.15 Å². The average molecular weight is 418 g/mol. The number of ketones is 2. The molecule has 1 aromatic heterocycles. The minimum absolute atomic E-state index is 0.0330. The highest BCUT2D eigenvalue weighted by Gasteiger charge is 2.67. The number of amides is 1. The number of hydrogen-bond acceptors (Lipinski definition) is 5. The lowest BCUT2D eigenvalue weighted by atomic mass is 9.38. The lowest BCUT2D eigenvalue weighted by molar-refractivity contribution is -0.144. The molecule has 7 heteroatoms. The van der Waals surface area contributed by atoms with Gasteiger partial charge in [-0.25, -0.2) is 4.98 Å². The predicted octanol–water partition coefficient (Wildman–Crippen LogP) is 3.93. The standard InChI is InChI=1S/C22H28ClN3O3/c1-13(27)8-21-10-22(11-21,12-21)26-18-7-19(23)24-9-17(18)20(29)25-16-5-3-15(4-6-16)14(2)28/h7,9,15-16H,3-6,8,10-12H2,1-2H3,(H,24,26)(H,25,29). The number of nitrogens with one attached hydrogen (secondary N) is 2. The molecule has 4 saturated carbocycles. The van der Waals surface area contributed by atoms with Crippen molar-refractivity contribution in [1.29, 1.82) is 0 Å². The fourth-order valence-electron chi connectivity index (χ4n) is 5.75. The van der Waals surface area contributed by atoms with Crippen molar-refractivity contribution in [2.75, 3.05) is 5.32 Å². The molecule has 1 heterocycles. The van der Waals surface area contributed by atoms with Crippen molar-refractivity contribution in [2.24, 2.45) is 11.3 Å². The van der Waals surface area contributed by atoms with Crippen molar-refractivity contribution in [3.63, 3.8) is 0 Å². The topological polar surface area (TPSA) is 88.2 Å². The SMILES string of the molecule is CC(=O)CC12CC(Nc3cc(Cl)ncc3C(=O)NC3CCC(C(C)=O)CC3)(C1)C2. The van der Waals surface area contributed by atoms with Gasteiger partial charge in [0.15, 0.2) is 0 Å². The summed E-state index contributed by atoms with van der Waals surface area (Å²) in [4.78, 5) is 40.0. The molecule has 6 nitrogen and oxygen atoms in total. The summed E-state index contributed by atoms with van der Waals surface area (Å²) in [6, 6.07) is 1.79. The van der Waals surface area contributed by atoms with Crippen molar-refractivity contribution in [2.45, 2.75) is 76.8 Å². The number of hydrogen-bond donors (Lipinski definition) is 2. The molecule has 4 fully saturated rings. The van der Waals surface area contributed by atoms with Crippen LogP contribution in [0.4, 0.5) is 5.69 Å². The highest BCUT2D eigenvalue weighted by molar-refractivity contribution is 6.29. The fourth-order valence-corrected chi connectivity index (χ4v) is 5.91. The smallest absolute Gasteiger partial charge is 0.255 e. The van der Waals surface area contributed by atoms with Crippen molar-refractivity contribution in [3.05, 3.63) is 23.0 Å². The molecule has 29 heavy (non-hydrogen) atoms. The molecule has 0 atom stereocenters. The quantitative estimate of drug-likeness (QED) is 0.656. The Kier molecular flexibility index (Phi) is 5.18. The van der Waals surface area contributed by atoms with Crippen molar-refractivity contribution in [3.8, 4) is 0 Å². The first-order valence-corrected chi connectivity index (χ1v) is 10.8. The zero-order valence-corrected chi connectivity index (χ0v) is 17.8. The lowest BCUT2D eigenvalue weighted by Crippen LogP contribution is -2.71. The van der Waals surface area contributed by atoms with E-state index in [9.17, 15) is 14.4 Å². The largest absolute Gasteiger partial charge is 0.379 e. The van der Waals surface area contributed by atoms with Gasteiger partial charge in [-0.05, 0) is 70.3 Å². The second kappa shape index (κ2) is 7.38. The Hall–Kier alpha value is -1.95. The molecule has 1 amide bonds. The van der Waals surface area contributed by atoms with E-state index in [1.54, 1.807) is 19.9 Å². The summed E-state index contributed by atoms with van der Waals surface area (Å²) >= 11 is 6.10. The summed E-state index contributed by atoms with van der Waals surface area (Å²) in [6.07, 6.45) is 8.31. The summed E-state index contributed by atoms with van der Waals surface area (Å²) < 4.78 is 0. The van der Waals surface area contributed by atoms with Gasteiger partial charge >= 0.3 is 0 Å². The number of aromatic nitrogens is 1. The van der Waals surface area contributed by atoms with E-state index < -0.39 is 0 Å². The van der Waals surface area contributed by atoms with Gasteiger partial charge in [0, 0.05) is 30.1 Å². The molecule has 2 N–H and O–H groups in total. The van der Waals surface area contributed by atoms with E-state index in [4.69, 9.17) is 11.6 Å². The van der Waals surface area contributed by atoms with Gasteiger partial charge in [-0.15, -0.1) is 0 Å². The molecule has 0 aliphatic heterocycles. The van der Waals surface area contributed by atoms with E-state index in [1.807, 2.05) is 0 Å². The normalized spacial score (nSPS) is 32.5. The summed E-state index contributed by atoms with van der Waals surface area (Å²) in [5.74, 6) is 0.450. The number of anilines is 1. The van der Waals surface area contributed by atoms with Crippen LogP contribution >= 0.6 is 11.6 Å². The average Bonchev–Trinajstić information content (AvgIpc) is 2.59. The zero-order chi connectivity index (χ0) is 20.8. The predicted molar refractivity (Wildman–Crippen MR) is 111 cm³/mol. The summed E-state index contributed by atoms with van der Waals surface area (Å²) in [7, 11) is 0. The van der Waals surface area contributed by atoms with Crippen molar-refractivity contribution in [1.82, 2.24) is 10.3 Å². The van der Waals surface area contributed by atoms with E-state index in [0.717, 1.165) is 44.9 Å². The summed E-state index contributed by atoms with van der Waals surface area (Å²) in [6.45, 7) is 3.29. The number of pyridine rings is 1. The van der Waals surface area contributed by atoms with E-state index in [0.29, 0.717) is 22.8 Å². The number of halogens is 1. The van der Waals surface area contributed by atoms with Gasteiger partial charge in [0.1, 0.15) is 16.7 Å². The van der Waals surface area contributed by atoms with Crippen LogP contribution < -0.4 is 10.6 Å². The molecule has 156 valence electrons. The van der Waals surface area contributed by atoms with Gasteiger partial charge in [-0.2, -0.15) is 0 Å². The lowest BCUT2D eigenvalue weighted by Gasteiger charge is -2.71. The van der Waals surface area contributed by atoms with Crippen LogP contribution in [0.15, 0.2) is 12.3 Å². The third-order valence-corrected chi connectivity index (χ3v) is 7.12. The highest BCUT2D eigenvalue weighted by atomic mass is 35.5. The monoisotopic (exact) mass is 417 g/mol. The molecule has 1 aromatic rings. The van der Waals surface area contributed by atoms with Crippen molar-refractivity contribution < 1.29 is 14.4 Å². The molecule has 0 unspecified atom stereocenters. The Bertz CT molecular complexity index is 841. The fraction of sp³-hybridized carbons (Fsp3) is 0.636. The van der Waals surface area contributed by atoms with E-state index in [1.165, 1.54) is 6.20 Å². The summed E-state index contributed by atoms with van der Waals surface area (Å²) in [5, 5.41) is 6.98. The molecular formula is C22H28ClN3O3. The number of nitrogens with zero attached hydrogens (tertiary/aromatic N) is 1. The van der Waals surface area contributed by atoms with Crippen LogP contribution in [0, 0.1) is 11.3 Å². The first-order chi connectivity index (χ1) is 13.7. The first-order valence-electron chi connectivity index (χ1n) is 10.4. The zero-order valence-electron chi connectivity index (χ0n) is 17.0. The third kappa shape index (κ3) is 4.04. The molecule has 0 aromatic carbocycles. The Balaban J connectivity index is 1.39. The van der Waals surface area contributed by atoms with Crippen LogP contribution in [-0.2, 0) is 9.59 Å². The van der Waals surface area contributed by atoms with Crippen LogP contribution in [0.25, 0.3) is 0 Å². The van der Waals surface area contributed by atoms with E-state index in [-0.39, 0.29) is 40.4 Å². The molecule has 4 aliphatic rings. The highest BCUT2D eigenvalue weighted by Crippen LogP contribution is 2.70. The van der Waals surface area contributed by atoms with Crippen LogP contribution in [-0.4, -0.2) is 34.0 Å². The number of Topliss-reactive ketones (excluding diaryl/α,β-unsaturated/α-hetero) is 2. The maximum absolute atomic E-state index is 12.9. The Morgan fingerprint density at radius 2 is 1.79 bits per heavy atom. The Morgan fingerprint density at radius 3 is 2.38 bits per heavy atom. The molecular weight excluding hydrogens is 390 g/mol. The second-order valence-corrected chi connectivity index (χ2v) is 9.89. The van der Waals surface area contributed by atoms with Gasteiger partial charge in [-0.1, -0.05) is 11.6 Å². The van der Waals surface area contributed by atoms with Gasteiger partial charge in [-0.3, -0.25) is 9.59 Å². The maximum atomic E-state index is 12.9. The molecule has 0 saturated heterocycles. The maximum Gasteiger partial charge on any atom is 0.255 e. The minimum atomic E-state index is -0.159.